The Balaban J connectivity index is 1.93. The lowest BCUT2D eigenvalue weighted by molar-refractivity contribution is -0.119. The zero-order valence-electron chi connectivity index (χ0n) is 10.7. The number of carboxylic acids is 1. The molecule has 5 nitrogen and oxygen atoms in total. The van der Waals surface area contributed by atoms with Crippen LogP contribution in [0, 0.1) is 5.41 Å². The van der Waals surface area contributed by atoms with Gasteiger partial charge in [0.25, 0.3) is 0 Å². The van der Waals surface area contributed by atoms with E-state index >= 15 is 0 Å². The highest BCUT2D eigenvalue weighted by atomic mass is 16.4. The van der Waals surface area contributed by atoms with Crippen molar-refractivity contribution in [2.45, 2.75) is 25.7 Å². The summed E-state index contributed by atoms with van der Waals surface area (Å²) in [7, 11) is 0. The highest BCUT2D eigenvalue weighted by Crippen LogP contribution is 2.43. The van der Waals surface area contributed by atoms with Crippen LogP contribution in [0.4, 0.5) is 5.69 Å². The molecule has 19 heavy (non-hydrogen) atoms. The number of benzene rings is 1. The van der Waals surface area contributed by atoms with Crippen molar-refractivity contribution in [3.8, 4) is 0 Å². The van der Waals surface area contributed by atoms with Crippen molar-refractivity contribution < 1.29 is 14.7 Å². The monoisotopic (exact) mass is 262 g/mol. The first-order valence-electron chi connectivity index (χ1n) is 6.38. The maximum atomic E-state index is 11.9. The minimum Gasteiger partial charge on any atom is -0.478 e. The largest absolute Gasteiger partial charge is 0.478 e. The molecular weight excluding hydrogens is 244 g/mol. The van der Waals surface area contributed by atoms with E-state index in [1.54, 1.807) is 12.1 Å². The molecule has 5 heteroatoms. The number of hydrogen-bond donors (Lipinski definition) is 3. The molecule has 0 spiro atoms. The van der Waals surface area contributed by atoms with Crippen molar-refractivity contribution >= 4 is 17.6 Å². The fourth-order valence-electron chi connectivity index (χ4n) is 2.37. The first-order chi connectivity index (χ1) is 9.04. The molecule has 0 saturated heterocycles. The normalized spacial score (nSPS) is 16.5. The van der Waals surface area contributed by atoms with E-state index < -0.39 is 5.97 Å². The number of aromatic carboxylic acids is 1. The number of nitrogens with two attached hydrogens (primary N) is 1. The quantitative estimate of drug-likeness (QED) is 0.755. The molecule has 1 aliphatic carbocycles. The fraction of sp³-hybridized carbons (Fsp3) is 0.429. The van der Waals surface area contributed by atoms with E-state index in [4.69, 9.17) is 10.8 Å². The van der Waals surface area contributed by atoms with Crippen LogP contribution >= 0.6 is 0 Å². The molecule has 1 aromatic carbocycles. The summed E-state index contributed by atoms with van der Waals surface area (Å²) >= 11 is 0. The Bertz CT molecular complexity index is 472. The summed E-state index contributed by atoms with van der Waals surface area (Å²) in [5.41, 5.74) is 6.51. The van der Waals surface area contributed by atoms with Crippen LogP contribution in [0.25, 0.3) is 0 Å². The minimum absolute atomic E-state index is 0.0227. The molecule has 0 atom stereocenters. The summed E-state index contributed by atoms with van der Waals surface area (Å²) in [6.45, 7) is 0.540. The smallest absolute Gasteiger partial charge is 0.335 e. The Morgan fingerprint density at radius 2 is 1.89 bits per heavy atom. The number of amides is 1. The number of rotatable bonds is 5. The van der Waals surface area contributed by atoms with E-state index in [1.807, 2.05) is 0 Å². The Morgan fingerprint density at radius 1 is 1.26 bits per heavy atom. The fourth-order valence-corrected chi connectivity index (χ4v) is 2.37. The van der Waals surface area contributed by atoms with Crippen LogP contribution < -0.4 is 11.1 Å². The van der Waals surface area contributed by atoms with Gasteiger partial charge in [-0.25, -0.2) is 4.79 Å². The maximum absolute atomic E-state index is 11.9. The van der Waals surface area contributed by atoms with Crippen LogP contribution in [0.1, 0.15) is 36.0 Å². The molecule has 4 N–H and O–H groups in total. The third-order valence-electron chi connectivity index (χ3n) is 3.80. The van der Waals surface area contributed by atoms with Crippen LogP contribution in [0.5, 0.6) is 0 Å². The van der Waals surface area contributed by atoms with Gasteiger partial charge in [-0.05, 0) is 49.1 Å². The van der Waals surface area contributed by atoms with Crippen molar-refractivity contribution in [2.75, 3.05) is 11.9 Å². The average Bonchev–Trinajstić information content (AvgIpc) is 2.34. The SMILES string of the molecule is NCC1(CC(=O)Nc2ccc(C(=O)O)cc2)CCC1. The van der Waals surface area contributed by atoms with E-state index in [2.05, 4.69) is 5.32 Å². The van der Waals surface area contributed by atoms with Gasteiger partial charge in [-0.15, -0.1) is 0 Å². The molecule has 0 radical (unpaired) electrons. The van der Waals surface area contributed by atoms with Crippen molar-refractivity contribution in [1.29, 1.82) is 0 Å². The van der Waals surface area contributed by atoms with Crippen molar-refractivity contribution in [3.05, 3.63) is 29.8 Å². The van der Waals surface area contributed by atoms with Gasteiger partial charge in [0, 0.05) is 12.1 Å². The molecule has 1 saturated carbocycles. The van der Waals surface area contributed by atoms with Gasteiger partial charge in [0.2, 0.25) is 5.91 Å². The van der Waals surface area contributed by atoms with Gasteiger partial charge in [-0.1, -0.05) is 6.42 Å². The summed E-state index contributed by atoms with van der Waals surface area (Å²) in [4.78, 5) is 22.6. The molecule has 1 amide bonds. The standard InChI is InChI=1S/C14H18N2O3/c15-9-14(6-1-7-14)8-12(17)16-11-4-2-10(3-5-11)13(18)19/h2-5H,1,6-9,15H2,(H,16,17)(H,18,19). The van der Waals surface area contributed by atoms with Crippen LogP contribution in [0.15, 0.2) is 24.3 Å². The van der Waals surface area contributed by atoms with Crippen LogP contribution in [0.3, 0.4) is 0 Å². The summed E-state index contributed by atoms with van der Waals surface area (Å²) in [6.07, 6.45) is 3.59. The topological polar surface area (TPSA) is 92.4 Å². The van der Waals surface area contributed by atoms with E-state index in [0.29, 0.717) is 18.7 Å². The lowest BCUT2D eigenvalue weighted by atomic mass is 9.66. The van der Waals surface area contributed by atoms with Gasteiger partial charge in [0.1, 0.15) is 0 Å². The molecule has 2 rings (SSSR count). The highest BCUT2D eigenvalue weighted by Gasteiger charge is 2.37. The summed E-state index contributed by atoms with van der Waals surface area (Å²) < 4.78 is 0. The summed E-state index contributed by atoms with van der Waals surface area (Å²) in [6, 6.07) is 6.13. The van der Waals surface area contributed by atoms with Crippen LogP contribution in [-0.4, -0.2) is 23.5 Å². The van der Waals surface area contributed by atoms with E-state index in [1.165, 1.54) is 12.1 Å². The molecule has 102 valence electrons. The number of carbonyl (C=O) groups is 2. The van der Waals surface area contributed by atoms with Gasteiger partial charge in [0.15, 0.2) is 0 Å². The first-order valence-corrected chi connectivity index (χ1v) is 6.38. The van der Waals surface area contributed by atoms with Crippen LogP contribution in [0.2, 0.25) is 0 Å². The first kappa shape index (κ1) is 13.5. The zero-order chi connectivity index (χ0) is 13.9. The Morgan fingerprint density at radius 3 is 2.32 bits per heavy atom. The molecule has 0 bridgehead atoms. The molecule has 1 aliphatic rings. The Labute approximate surface area is 111 Å². The second kappa shape index (κ2) is 5.40. The van der Waals surface area contributed by atoms with Gasteiger partial charge < -0.3 is 16.2 Å². The van der Waals surface area contributed by atoms with E-state index in [9.17, 15) is 9.59 Å². The molecular formula is C14H18N2O3. The molecule has 0 unspecified atom stereocenters. The second-order valence-corrected chi connectivity index (χ2v) is 5.17. The Hall–Kier alpha value is -1.88. The van der Waals surface area contributed by atoms with Gasteiger partial charge in [-0.3, -0.25) is 4.79 Å². The van der Waals surface area contributed by atoms with E-state index in [0.717, 1.165) is 19.3 Å². The minimum atomic E-state index is -0.977. The van der Waals surface area contributed by atoms with Crippen molar-refractivity contribution in [1.82, 2.24) is 0 Å². The maximum Gasteiger partial charge on any atom is 0.335 e. The molecule has 1 fully saturated rings. The number of anilines is 1. The Kier molecular flexibility index (Phi) is 3.85. The van der Waals surface area contributed by atoms with Crippen LogP contribution in [-0.2, 0) is 4.79 Å². The predicted octanol–water partition coefficient (Wildman–Crippen LogP) is 1.84. The highest BCUT2D eigenvalue weighted by molar-refractivity contribution is 5.92. The molecule has 0 aromatic heterocycles. The molecule has 1 aromatic rings. The number of nitrogens with one attached hydrogen (secondary N) is 1. The van der Waals surface area contributed by atoms with Gasteiger partial charge in [-0.2, -0.15) is 0 Å². The van der Waals surface area contributed by atoms with Crippen molar-refractivity contribution in [3.63, 3.8) is 0 Å². The van der Waals surface area contributed by atoms with Gasteiger partial charge >= 0.3 is 5.97 Å². The van der Waals surface area contributed by atoms with E-state index in [-0.39, 0.29) is 16.9 Å². The zero-order valence-corrected chi connectivity index (χ0v) is 10.7. The number of carbonyl (C=O) groups excluding carboxylic acids is 1. The number of carboxylic acid groups (broad SMARTS) is 1. The third-order valence-corrected chi connectivity index (χ3v) is 3.80. The molecule has 0 heterocycles. The second-order valence-electron chi connectivity index (χ2n) is 5.17. The number of hydrogen-bond acceptors (Lipinski definition) is 3. The van der Waals surface area contributed by atoms with Gasteiger partial charge in [0.05, 0.1) is 5.56 Å². The lowest BCUT2D eigenvalue weighted by Crippen LogP contribution is -2.40. The third kappa shape index (κ3) is 3.12. The lowest BCUT2D eigenvalue weighted by Gasteiger charge is -2.40. The average molecular weight is 262 g/mol. The van der Waals surface area contributed by atoms with Crippen molar-refractivity contribution in [2.24, 2.45) is 11.1 Å². The molecule has 0 aliphatic heterocycles. The summed E-state index contributed by atoms with van der Waals surface area (Å²) in [5, 5.41) is 11.6. The predicted molar refractivity (Wildman–Crippen MR) is 72.0 cm³/mol. The summed E-state index contributed by atoms with van der Waals surface area (Å²) in [5.74, 6) is -1.04.